The fraction of sp³-hybridized carbons (Fsp3) is 1.00. The Morgan fingerprint density at radius 3 is 2.19 bits per heavy atom. The molecule has 98 valence electrons. The van der Waals surface area contributed by atoms with Crippen LogP contribution in [0.25, 0.3) is 0 Å². The molecule has 16 heavy (non-hydrogen) atoms. The van der Waals surface area contributed by atoms with Crippen molar-refractivity contribution in [2.24, 2.45) is 11.1 Å². The molecule has 0 saturated carbocycles. The Morgan fingerprint density at radius 1 is 1.19 bits per heavy atom. The minimum Gasteiger partial charge on any atom is -0.377 e. The predicted octanol–water partition coefficient (Wildman–Crippen LogP) is 2.11. The zero-order valence-electron chi connectivity index (χ0n) is 11.9. The van der Waals surface area contributed by atoms with Gasteiger partial charge in [0.2, 0.25) is 0 Å². The molecule has 0 aliphatic carbocycles. The first-order chi connectivity index (χ1) is 7.23. The van der Waals surface area contributed by atoms with Crippen LogP contribution in [0.3, 0.4) is 0 Å². The molecule has 0 aliphatic rings. The van der Waals surface area contributed by atoms with Crippen molar-refractivity contribution in [3.8, 4) is 0 Å². The van der Waals surface area contributed by atoms with Crippen molar-refractivity contribution in [3.05, 3.63) is 0 Å². The van der Waals surface area contributed by atoms with Gasteiger partial charge in [-0.2, -0.15) is 0 Å². The fourth-order valence-electron chi connectivity index (χ4n) is 1.35. The maximum Gasteiger partial charge on any atom is 0.0596 e. The Hall–Kier alpha value is -0.120. The van der Waals surface area contributed by atoms with Gasteiger partial charge >= 0.3 is 0 Å². The molecular weight excluding hydrogens is 200 g/mol. The van der Waals surface area contributed by atoms with E-state index in [2.05, 4.69) is 46.6 Å². The monoisotopic (exact) mass is 230 g/mol. The van der Waals surface area contributed by atoms with Gasteiger partial charge in [-0.3, -0.25) is 0 Å². The van der Waals surface area contributed by atoms with Gasteiger partial charge in [-0.15, -0.1) is 0 Å². The average Bonchev–Trinajstić information content (AvgIpc) is 2.11. The van der Waals surface area contributed by atoms with E-state index in [4.69, 9.17) is 10.5 Å². The molecule has 0 spiro atoms. The summed E-state index contributed by atoms with van der Waals surface area (Å²) < 4.78 is 5.51. The van der Waals surface area contributed by atoms with Crippen LogP contribution in [0.1, 0.15) is 41.0 Å². The molecule has 0 fully saturated rings. The first-order valence-corrected chi connectivity index (χ1v) is 6.29. The Kier molecular flexibility index (Phi) is 7.20. The van der Waals surface area contributed by atoms with Gasteiger partial charge in [-0.25, -0.2) is 0 Å². The standard InChI is InChI=1S/C13H30N2O/c1-11(2)16-10-9-15(6)8-7-12(14)13(3,4)5/h11-12H,7-10,14H2,1-6H3. The normalized spacial score (nSPS) is 14.8. The van der Waals surface area contributed by atoms with Crippen molar-refractivity contribution in [1.29, 1.82) is 0 Å². The summed E-state index contributed by atoms with van der Waals surface area (Å²) in [6.45, 7) is 13.5. The zero-order chi connectivity index (χ0) is 12.8. The fourth-order valence-corrected chi connectivity index (χ4v) is 1.35. The van der Waals surface area contributed by atoms with E-state index in [0.717, 1.165) is 26.1 Å². The minimum atomic E-state index is 0.204. The minimum absolute atomic E-state index is 0.204. The number of nitrogens with zero attached hydrogens (tertiary/aromatic N) is 1. The summed E-state index contributed by atoms with van der Waals surface area (Å²) in [6.07, 6.45) is 1.37. The second-order valence-corrected chi connectivity index (χ2v) is 5.98. The summed E-state index contributed by atoms with van der Waals surface area (Å²) in [5.41, 5.74) is 6.32. The van der Waals surface area contributed by atoms with Crippen molar-refractivity contribution in [3.63, 3.8) is 0 Å². The third-order valence-electron chi connectivity index (χ3n) is 2.86. The van der Waals surface area contributed by atoms with E-state index in [9.17, 15) is 0 Å². The molecule has 0 saturated heterocycles. The highest BCUT2D eigenvalue weighted by molar-refractivity contribution is 4.77. The van der Waals surface area contributed by atoms with Crippen molar-refractivity contribution < 1.29 is 4.74 Å². The van der Waals surface area contributed by atoms with Crippen LogP contribution in [0.5, 0.6) is 0 Å². The lowest BCUT2D eigenvalue weighted by Gasteiger charge is -2.28. The lowest BCUT2D eigenvalue weighted by Crippen LogP contribution is -2.38. The van der Waals surface area contributed by atoms with Crippen LogP contribution in [0.4, 0.5) is 0 Å². The van der Waals surface area contributed by atoms with Crippen molar-refractivity contribution in [2.75, 3.05) is 26.7 Å². The molecule has 3 nitrogen and oxygen atoms in total. The van der Waals surface area contributed by atoms with E-state index in [1.165, 1.54) is 0 Å². The smallest absolute Gasteiger partial charge is 0.0596 e. The van der Waals surface area contributed by atoms with Gasteiger partial charge in [-0.1, -0.05) is 20.8 Å². The molecular formula is C13H30N2O. The van der Waals surface area contributed by atoms with Gasteiger partial charge in [0.15, 0.2) is 0 Å². The summed E-state index contributed by atoms with van der Waals surface area (Å²) in [6, 6.07) is 0.265. The molecule has 0 radical (unpaired) electrons. The van der Waals surface area contributed by atoms with Crippen LogP contribution in [0.2, 0.25) is 0 Å². The quantitative estimate of drug-likeness (QED) is 0.728. The molecule has 0 amide bonds. The van der Waals surface area contributed by atoms with E-state index in [0.29, 0.717) is 6.10 Å². The molecule has 0 aromatic carbocycles. The van der Waals surface area contributed by atoms with Gasteiger partial charge in [0.05, 0.1) is 12.7 Å². The van der Waals surface area contributed by atoms with Gasteiger partial charge in [-0.05, 0) is 39.3 Å². The van der Waals surface area contributed by atoms with E-state index in [1.54, 1.807) is 0 Å². The predicted molar refractivity (Wildman–Crippen MR) is 70.6 cm³/mol. The van der Waals surface area contributed by atoms with E-state index in [-0.39, 0.29) is 11.5 Å². The van der Waals surface area contributed by atoms with Crippen molar-refractivity contribution >= 4 is 0 Å². The Bertz CT molecular complexity index is 175. The lowest BCUT2D eigenvalue weighted by atomic mass is 9.85. The second-order valence-electron chi connectivity index (χ2n) is 5.98. The Balaban J connectivity index is 3.61. The molecule has 0 rings (SSSR count). The van der Waals surface area contributed by atoms with Crippen LogP contribution in [0, 0.1) is 5.41 Å². The van der Waals surface area contributed by atoms with E-state index >= 15 is 0 Å². The molecule has 1 atom stereocenters. The number of hydrogen-bond donors (Lipinski definition) is 1. The van der Waals surface area contributed by atoms with Gasteiger partial charge < -0.3 is 15.4 Å². The molecule has 3 heteroatoms. The summed E-state index contributed by atoms with van der Waals surface area (Å²) in [4.78, 5) is 2.29. The Morgan fingerprint density at radius 2 is 1.75 bits per heavy atom. The first kappa shape index (κ1) is 15.9. The number of rotatable bonds is 7. The number of hydrogen-bond acceptors (Lipinski definition) is 3. The molecule has 0 bridgehead atoms. The third kappa shape index (κ3) is 8.08. The zero-order valence-corrected chi connectivity index (χ0v) is 11.9. The van der Waals surface area contributed by atoms with Crippen LogP contribution < -0.4 is 5.73 Å². The van der Waals surface area contributed by atoms with Crippen molar-refractivity contribution in [1.82, 2.24) is 4.90 Å². The number of ether oxygens (including phenoxy) is 1. The summed E-state index contributed by atoms with van der Waals surface area (Å²) in [5, 5.41) is 0. The number of nitrogens with two attached hydrogens (primary N) is 1. The highest BCUT2D eigenvalue weighted by Gasteiger charge is 2.20. The summed E-state index contributed by atoms with van der Waals surface area (Å²) >= 11 is 0. The highest BCUT2D eigenvalue weighted by atomic mass is 16.5. The van der Waals surface area contributed by atoms with Gasteiger partial charge in [0.25, 0.3) is 0 Å². The van der Waals surface area contributed by atoms with Crippen LogP contribution in [-0.4, -0.2) is 43.8 Å². The maximum absolute atomic E-state index is 6.12. The van der Waals surface area contributed by atoms with Crippen molar-refractivity contribution in [2.45, 2.75) is 53.2 Å². The molecule has 0 aliphatic heterocycles. The number of likely N-dealkylation sites (N-methyl/N-ethyl adjacent to an activating group) is 1. The molecule has 0 aromatic heterocycles. The van der Waals surface area contributed by atoms with Crippen LogP contribution >= 0.6 is 0 Å². The SMILES string of the molecule is CC(C)OCCN(C)CCC(N)C(C)(C)C. The second kappa shape index (κ2) is 7.25. The first-order valence-electron chi connectivity index (χ1n) is 6.29. The topological polar surface area (TPSA) is 38.5 Å². The largest absolute Gasteiger partial charge is 0.377 e. The average molecular weight is 230 g/mol. The van der Waals surface area contributed by atoms with E-state index in [1.807, 2.05) is 0 Å². The summed E-state index contributed by atoms with van der Waals surface area (Å²) in [7, 11) is 2.12. The third-order valence-corrected chi connectivity index (χ3v) is 2.86. The maximum atomic E-state index is 6.12. The molecule has 1 unspecified atom stereocenters. The Labute approximate surface area is 101 Å². The van der Waals surface area contributed by atoms with E-state index < -0.39 is 0 Å². The highest BCUT2D eigenvalue weighted by Crippen LogP contribution is 2.19. The summed E-state index contributed by atoms with van der Waals surface area (Å²) in [5.74, 6) is 0. The molecule has 2 N–H and O–H groups in total. The van der Waals surface area contributed by atoms with Gasteiger partial charge in [0, 0.05) is 12.6 Å². The lowest BCUT2D eigenvalue weighted by molar-refractivity contribution is 0.0628. The molecule has 0 aromatic rings. The molecule has 0 heterocycles. The van der Waals surface area contributed by atoms with Gasteiger partial charge in [0.1, 0.15) is 0 Å². The van der Waals surface area contributed by atoms with Crippen LogP contribution in [-0.2, 0) is 4.74 Å². The van der Waals surface area contributed by atoms with Crippen LogP contribution in [0.15, 0.2) is 0 Å².